The molecule has 0 saturated carbocycles. The Morgan fingerprint density at radius 3 is 1.64 bits per heavy atom. The molecule has 0 spiro atoms. The van der Waals surface area contributed by atoms with Gasteiger partial charge in [0.15, 0.2) is 0 Å². The zero-order valence-electron chi connectivity index (χ0n) is 15.8. The van der Waals surface area contributed by atoms with E-state index in [4.69, 9.17) is 4.74 Å². The summed E-state index contributed by atoms with van der Waals surface area (Å²) >= 11 is 0. The molecular weight excluding hydrogens is 324 g/mol. The maximum atomic E-state index is 12.9. The Hall–Kier alpha value is -1.83. The van der Waals surface area contributed by atoms with E-state index in [1.54, 1.807) is 35.5 Å². The van der Waals surface area contributed by atoms with Crippen molar-refractivity contribution in [3.05, 3.63) is 0 Å². The molecular formula is C17H30N4O4. The molecule has 3 amide bonds. The largest absolute Gasteiger partial charge is 0.450 e. The van der Waals surface area contributed by atoms with Gasteiger partial charge in [0.2, 0.25) is 11.8 Å². The van der Waals surface area contributed by atoms with Crippen molar-refractivity contribution in [1.29, 1.82) is 0 Å². The fourth-order valence-corrected chi connectivity index (χ4v) is 3.20. The SMILES string of the molecule is CCOC(=O)N1CCN(C(=O)C(C)(C)C(=O)N2CCN(C)CC2)CC1. The standard InChI is InChI=1S/C17H30N4O4/c1-5-25-16(24)21-12-10-20(11-13-21)15(23)17(2,3)14(22)19-8-6-18(4)7-9-19/h5-13H2,1-4H3. The van der Waals surface area contributed by atoms with E-state index in [1.165, 1.54) is 0 Å². The first kappa shape index (κ1) is 19.5. The minimum atomic E-state index is -1.08. The molecule has 2 saturated heterocycles. The molecule has 2 aliphatic rings. The van der Waals surface area contributed by atoms with Crippen molar-refractivity contribution < 1.29 is 19.1 Å². The molecule has 0 unspecified atom stereocenters. The van der Waals surface area contributed by atoms with Crippen LogP contribution in [0.1, 0.15) is 20.8 Å². The molecule has 8 heteroatoms. The summed E-state index contributed by atoms with van der Waals surface area (Å²) in [7, 11) is 2.03. The van der Waals surface area contributed by atoms with E-state index in [0.29, 0.717) is 45.9 Å². The first-order valence-corrected chi connectivity index (χ1v) is 8.96. The lowest BCUT2D eigenvalue weighted by Gasteiger charge is -2.40. The molecule has 0 aromatic heterocycles. The summed E-state index contributed by atoms with van der Waals surface area (Å²) in [5.41, 5.74) is -1.08. The predicted molar refractivity (Wildman–Crippen MR) is 93.0 cm³/mol. The average molecular weight is 354 g/mol. The van der Waals surface area contributed by atoms with Gasteiger partial charge in [0.1, 0.15) is 5.41 Å². The molecule has 0 radical (unpaired) electrons. The van der Waals surface area contributed by atoms with Gasteiger partial charge >= 0.3 is 6.09 Å². The first-order chi connectivity index (χ1) is 11.8. The topological polar surface area (TPSA) is 73.4 Å². The van der Waals surface area contributed by atoms with Gasteiger partial charge < -0.3 is 24.3 Å². The second kappa shape index (κ2) is 8.03. The third-order valence-electron chi connectivity index (χ3n) is 4.95. The number of piperazine rings is 2. The van der Waals surface area contributed by atoms with Crippen LogP contribution in [0.15, 0.2) is 0 Å². The van der Waals surface area contributed by atoms with E-state index in [-0.39, 0.29) is 17.9 Å². The van der Waals surface area contributed by atoms with Gasteiger partial charge in [-0.25, -0.2) is 4.79 Å². The summed E-state index contributed by atoms with van der Waals surface area (Å²) in [6.07, 6.45) is -0.345. The summed E-state index contributed by atoms with van der Waals surface area (Å²) in [4.78, 5) is 44.7. The molecule has 2 heterocycles. The van der Waals surface area contributed by atoms with Crippen molar-refractivity contribution in [2.75, 3.05) is 66.0 Å². The highest BCUT2D eigenvalue weighted by Crippen LogP contribution is 2.24. The Bertz CT molecular complexity index is 507. The second-order valence-corrected chi connectivity index (χ2v) is 7.20. The lowest BCUT2D eigenvalue weighted by Crippen LogP contribution is -2.58. The number of carbonyl (C=O) groups excluding carboxylic acids is 3. The van der Waals surface area contributed by atoms with Gasteiger partial charge in [-0.15, -0.1) is 0 Å². The van der Waals surface area contributed by atoms with Gasteiger partial charge in [-0.2, -0.15) is 0 Å². The van der Waals surface area contributed by atoms with Crippen molar-refractivity contribution in [1.82, 2.24) is 19.6 Å². The van der Waals surface area contributed by atoms with Crippen LogP contribution in [-0.4, -0.2) is 104 Å². The maximum absolute atomic E-state index is 12.9. The lowest BCUT2D eigenvalue weighted by molar-refractivity contribution is -0.156. The predicted octanol–water partition coefficient (Wildman–Crippen LogP) is 0.0873. The number of rotatable bonds is 3. The molecule has 2 aliphatic heterocycles. The van der Waals surface area contributed by atoms with Gasteiger partial charge in [0.05, 0.1) is 6.61 Å². The molecule has 0 aliphatic carbocycles. The zero-order valence-corrected chi connectivity index (χ0v) is 15.8. The molecule has 25 heavy (non-hydrogen) atoms. The van der Waals surface area contributed by atoms with Gasteiger partial charge in [-0.05, 0) is 27.8 Å². The number of hydrogen-bond donors (Lipinski definition) is 0. The van der Waals surface area contributed by atoms with Crippen molar-refractivity contribution >= 4 is 17.9 Å². The number of likely N-dealkylation sites (N-methyl/N-ethyl adjacent to an activating group) is 1. The second-order valence-electron chi connectivity index (χ2n) is 7.20. The van der Waals surface area contributed by atoms with Crippen LogP contribution < -0.4 is 0 Å². The average Bonchev–Trinajstić information content (AvgIpc) is 2.61. The van der Waals surface area contributed by atoms with E-state index in [9.17, 15) is 14.4 Å². The number of amides is 3. The van der Waals surface area contributed by atoms with Gasteiger partial charge in [-0.1, -0.05) is 0 Å². The quantitative estimate of drug-likeness (QED) is 0.672. The minimum Gasteiger partial charge on any atom is -0.450 e. The van der Waals surface area contributed by atoms with Crippen molar-refractivity contribution in [2.45, 2.75) is 20.8 Å². The molecule has 0 N–H and O–H groups in total. The normalized spacial score (nSPS) is 19.8. The zero-order chi connectivity index (χ0) is 18.6. The van der Waals surface area contributed by atoms with Gasteiger partial charge in [0.25, 0.3) is 0 Å². The Labute approximate surface area is 149 Å². The van der Waals surface area contributed by atoms with Gasteiger partial charge in [0, 0.05) is 52.4 Å². The monoisotopic (exact) mass is 354 g/mol. The molecule has 0 aromatic rings. The highest BCUT2D eigenvalue weighted by atomic mass is 16.6. The van der Waals surface area contributed by atoms with Gasteiger partial charge in [-0.3, -0.25) is 9.59 Å². The molecule has 0 aromatic carbocycles. The fourth-order valence-electron chi connectivity index (χ4n) is 3.20. The van der Waals surface area contributed by atoms with Crippen LogP contribution in [0.3, 0.4) is 0 Å². The van der Waals surface area contributed by atoms with Crippen LogP contribution in [0, 0.1) is 5.41 Å². The Morgan fingerprint density at radius 2 is 1.20 bits per heavy atom. The minimum absolute atomic E-state index is 0.113. The van der Waals surface area contributed by atoms with Crippen LogP contribution >= 0.6 is 0 Å². The fraction of sp³-hybridized carbons (Fsp3) is 0.824. The Balaban J connectivity index is 1.92. The summed E-state index contributed by atoms with van der Waals surface area (Å²) in [6, 6.07) is 0. The smallest absolute Gasteiger partial charge is 0.409 e. The van der Waals surface area contributed by atoms with E-state index < -0.39 is 5.41 Å². The summed E-state index contributed by atoms with van der Waals surface area (Å²) in [5, 5.41) is 0. The summed E-state index contributed by atoms with van der Waals surface area (Å²) < 4.78 is 4.99. The number of hydrogen-bond acceptors (Lipinski definition) is 5. The highest BCUT2D eigenvalue weighted by molar-refractivity contribution is 6.04. The van der Waals surface area contributed by atoms with E-state index in [2.05, 4.69) is 4.90 Å². The third kappa shape index (κ3) is 4.42. The van der Waals surface area contributed by atoms with Crippen LogP contribution in [0.5, 0.6) is 0 Å². The van der Waals surface area contributed by atoms with E-state index in [1.807, 2.05) is 7.05 Å². The van der Waals surface area contributed by atoms with Crippen molar-refractivity contribution in [3.8, 4) is 0 Å². The molecule has 142 valence electrons. The number of carbonyl (C=O) groups is 3. The van der Waals surface area contributed by atoms with Crippen LogP contribution in [0.2, 0.25) is 0 Å². The maximum Gasteiger partial charge on any atom is 0.409 e. The molecule has 0 bridgehead atoms. The number of nitrogens with zero attached hydrogens (tertiary/aromatic N) is 4. The van der Waals surface area contributed by atoms with E-state index in [0.717, 1.165) is 13.1 Å². The molecule has 2 fully saturated rings. The molecule has 2 rings (SSSR count). The Kier molecular flexibility index (Phi) is 6.26. The molecule has 0 atom stereocenters. The van der Waals surface area contributed by atoms with E-state index >= 15 is 0 Å². The van der Waals surface area contributed by atoms with Crippen LogP contribution in [0.4, 0.5) is 4.79 Å². The summed E-state index contributed by atoms with van der Waals surface area (Å²) in [6.45, 7) is 10.2. The first-order valence-electron chi connectivity index (χ1n) is 8.96. The number of ether oxygens (including phenoxy) is 1. The van der Waals surface area contributed by atoms with Crippen molar-refractivity contribution in [2.24, 2.45) is 5.41 Å². The lowest BCUT2D eigenvalue weighted by atomic mass is 9.89. The van der Waals surface area contributed by atoms with Crippen LogP contribution in [0.25, 0.3) is 0 Å². The highest BCUT2D eigenvalue weighted by Gasteiger charge is 2.43. The summed E-state index contributed by atoms with van der Waals surface area (Å²) in [5.74, 6) is -0.279. The third-order valence-corrected chi connectivity index (χ3v) is 4.95. The van der Waals surface area contributed by atoms with Crippen molar-refractivity contribution in [3.63, 3.8) is 0 Å². The van der Waals surface area contributed by atoms with Crippen LogP contribution in [-0.2, 0) is 14.3 Å². The Morgan fingerprint density at radius 1 is 0.800 bits per heavy atom. The molecule has 8 nitrogen and oxygen atoms in total.